The SMILES string of the molecule is CC1(Cl)CCCCC1C=O. The molecule has 1 fully saturated rings. The van der Waals surface area contributed by atoms with Gasteiger partial charge in [-0.3, -0.25) is 0 Å². The second-order valence-electron chi connectivity index (χ2n) is 3.27. The fourth-order valence-corrected chi connectivity index (χ4v) is 1.83. The molecule has 0 aromatic rings. The summed E-state index contributed by atoms with van der Waals surface area (Å²) in [5.74, 6) is 0.0860. The van der Waals surface area contributed by atoms with Gasteiger partial charge in [-0.25, -0.2) is 0 Å². The highest BCUT2D eigenvalue weighted by molar-refractivity contribution is 6.24. The van der Waals surface area contributed by atoms with Crippen molar-refractivity contribution in [2.75, 3.05) is 0 Å². The maximum absolute atomic E-state index is 10.5. The number of aldehydes is 1. The van der Waals surface area contributed by atoms with Gasteiger partial charge in [0, 0.05) is 5.92 Å². The molecule has 0 bridgehead atoms. The number of hydrogen-bond acceptors (Lipinski definition) is 1. The van der Waals surface area contributed by atoms with Crippen LogP contribution in [0, 0.1) is 5.92 Å². The van der Waals surface area contributed by atoms with Gasteiger partial charge in [-0.05, 0) is 19.8 Å². The predicted octanol–water partition coefficient (Wildman–Crippen LogP) is 2.37. The third-order valence-electron chi connectivity index (χ3n) is 2.37. The minimum absolute atomic E-state index is 0.0860. The van der Waals surface area contributed by atoms with E-state index in [1.807, 2.05) is 6.92 Å². The molecule has 0 saturated heterocycles. The maximum Gasteiger partial charge on any atom is 0.124 e. The highest BCUT2D eigenvalue weighted by atomic mass is 35.5. The smallest absolute Gasteiger partial charge is 0.124 e. The molecular weight excluding hydrogens is 148 g/mol. The lowest BCUT2D eigenvalue weighted by atomic mass is 9.81. The Morgan fingerprint density at radius 2 is 2.30 bits per heavy atom. The number of carbonyl (C=O) groups excluding carboxylic acids is 1. The summed E-state index contributed by atoms with van der Waals surface area (Å²) in [5.41, 5.74) is 0. The molecule has 0 spiro atoms. The molecule has 0 amide bonds. The molecule has 10 heavy (non-hydrogen) atoms. The maximum atomic E-state index is 10.5. The lowest BCUT2D eigenvalue weighted by Crippen LogP contribution is -2.32. The largest absolute Gasteiger partial charge is 0.303 e. The molecule has 1 aliphatic carbocycles. The normalized spacial score (nSPS) is 41.2. The van der Waals surface area contributed by atoms with Crippen molar-refractivity contribution in [3.63, 3.8) is 0 Å². The van der Waals surface area contributed by atoms with E-state index in [0.29, 0.717) is 0 Å². The Morgan fingerprint density at radius 1 is 1.60 bits per heavy atom. The average molecular weight is 161 g/mol. The van der Waals surface area contributed by atoms with Gasteiger partial charge >= 0.3 is 0 Å². The predicted molar refractivity (Wildman–Crippen MR) is 42.3 cm³/mol. The summed E-state index contributed by atoms with van der Waals surface area (Å²) >= 11 is 6.11. The van der Waals surface area contributed by atoms with Crippen LogP contribution < -0.4 is 0 Å². The van der Waals surface area contributed by atoms with E-state index in [-0.39, 0.29) is 10.8 Å². The molecule has 0 heterocycles. The molecule has 0 aromatic heterocycles. The summed E-state index contributed by atoms with van der Waals surface area (Å²) in [6, 6.07) is 0. The fourth-order valence-electron chi connectivity index (χ4n) is 1.53. The zero-order chi connectivity index (χ0) is 7.61. The molecule has 0 aliphatic heterocycles. The van der Waals surface area contributed by atoms with Crippen molar-refractivity contribution in [2.45, 2.75) is 37.5 Å². The highest BCUT2D eigenvalue weighted by Crippen LogP contribution is 2.37. The minimum Gasteiger partial charge on any atom is -0.303 e. The van der Waals surface area contributed by atoms with Crippen molar-refractivity contribution >= 4 is 17.9 Å². The molecule has 1 rings (SSSR count). The van der Waals surface area contributed by atoms with Crippen molar-refractivity contribution in [2.24, 2.45) is 5.92 Å². The average Bonchev–Trinajstić information content (AvgIpc) is 1.87. The van der Waals surface area contributed by atoms with Gasteiger partial charge in [0.1, 0.15) is 6.29 Å². The standard InChI is InChI=1S/C8H13ClO/c1-8(9)5-3-2-4-7(8)6-10/h6-7H,2-5H2,1H3. The lowest BCUT2D eigenvalue weighted by Gasteiger charge is -2.32. The van der Waals surface area contributed by atoms with Gasteiger partial charge < -0.3 is 4.79 Å². The molecule has 58 valence electrons. The van der Waals surface area contributed by atoms with Gasteiger partial charge in [0.2, 0.25) is 0 Å². The van der Waals surface area contributed by atoms with Crippen molar-refractivity contribution in [3.8, 4) is 0 Å². The Kier molecular flexibility index (Phi) is 2.35. The van der Waals surface area contributed by atoms with E-state index in [1.165, 1.54) is 6.42 Å². The van der Waals surface area contributed by atoms with Gasteiger partial charge in [0.15, 0.2) is 0 Å². The van der Waals surface area contributed by atoms with E-state index in [1.54, 1.807) is 0 Å². The van der Waals surface area contributed by atoms with Crippen molar-refractivity contribution in [1.29, 1.82) is 0 Å². The van der Waals surface area contributed by atoms with Crippen molar-refractivity contribution < 1.29 is 4.79 Å². The molecule has 0 N–H and O–H groups in total. The van der Waals surface area contributed by atoms with E-state index in [2.05, 4.69) is 0 Å². The summed E-state index contributed by atoms with van der Waals surface area (Å²) in [5, 5.41) is 0. The third-order valence-corrected chi connectivity index (χ3v) is 2.84. The Bertz CT molecular complexity index is 131. The first-order valence-corrected chi connectivity index (χ1v) is 4.19. The number of carbonyl (C=O) groups is 1. The quantitative estimate of drug-likeness (QED) is 0.425. The van der Waals surface area contributed by atoms with E-state index in [4.69, 9.17) is 11.6 Å². The zero-order valence-corrected chi connectivity index (χ0v) is 7.03. The van der Waals surface area contributed by atoms with Gasteiger partial charge in [0.05, 0.1) is 4.87 Å². The van der Waals surface area contributed by atoms with Crippen LogP contribution in [0.4, 0.5) is 0 Å². The Labute approximate surface area is 66.8 Å². The van der Waals surface area contributed by atoms with Crippen molar-refractivity contribution in [3.05, 3.63) is 0 Å². The van der Waals surface area contributed by atoms with Crippen LogP contribution in [0.15, 0.2) is 0 Å². The third kappa shape index (κ3) is 1.51. The van der Waals surface area contributed by atoms with E-state index in [9.17, 15) is 4.79 Å². The topological polar surface area (TPSA) is 17.1 Å². The lowest BCUT2D eigenvalue weighted by molar-refractivity contribution is -0.112. The molecule has 0 radical (unpaired) electrons. The first-order chi connectivity index (χ1) is 4.67. The molecular formula is C8H13ClO. The molecule has 0 aromatic carbocycles. The number of hydrogen-bond donors (Lipinski definition) is 0. The Morgan fingerprint density at radius 3 is 2.70 bits per heavy atom. The Hall–Kier alpha value is -0.0400. The van der Waals surface area contributed by atoms with Gasteiger partial charge in [0.25, 0.3) is 0 Å². The number of rotatable bonds is 1. The number of halogens is 1. The van der Waals surface area contributed by atoms with Crippen molar-refractivity contribution in [1.82, 2.24) is 0 Å². The fraction of sp³-hybridized carbons (Fsp3) is 0.875. The van der Waals surface area contributed by atoms with Crippen LogP contribution in [0.5, 0.6) is 0 Å². The molecule has 2 atom stereocenters. The molecule has 1 nitrogen and oxygen atoms in total. The van der Waals surface area contributed by atoms with Crippen LogP contribution in [0.25, 0.3) is 0 Å². The summed E-state index contributed by atoms with van der Waals surface area (Å²) in [6.07, 6.45) is 5.30. The highest BCUT2D eigenvalue weighted by Gasteiger charge is 2.33. The summed E-state index contributed by atoms with van der Waals surface area (Å²) in [6.45, 7) is 1.97. The first kappa shape index (κ1) is 8.06. The van der Waals surface area contributed by atoms with Crippen LogP contribution >= 0.6 is 11.6 Å². The first-order valence-electron chi connectivity index (χ1n) is 3.81. The van der Waals surface area contributed by atoms with Crippen LogP contribution in [-0.4, -0.2) is 11.2 Å². The molecule has 1 aliphatic rings. The monoisotopic (exact) mass is 160 g/mol. The second kappa shape index (κ2) is 2.91. The zero-order valence-electron chi connectivity index (χ0n) is 6.27. The van der Waals surface area contributed by atoms with Crippen LogP contribution in [0.3, 0.4) is 0 Å². The van der Waals surface area contributed by atoms with Gasteiger partial charge in [-0.1, -0.05) is 12.8 Å². The number of alkyl halides is 1. The summed E-state index contributed by atoms with van der Waals surface area (Å²) < 4.78 is 0. The van der Waals surface area contributed by atoms with E-state index in [0.717, 1.165) is 25.5 Å². The van der Waals surface area contributed by atoms with Crippen LogP contribution in [-0.2, 0) is 4.79 Å². The minimum atomic E-state index is -0.250. The summed E-state index contributed by atoms with van der Waals surface area (Å²) in [4.78, 5) is 10.2. The van der Waals surface area contributed by atoms with E-state index < -0.39 is 0 Å². The van der Waals surface area contributed by atoms with Crippen LogP contribution in [0.1, 0.15) is 32.6 Å². The Balaban J connectivity index is 2.59. The summed E-state index contributed by atoms with van der Waals surface area (Å²) in [7, 11) is 0. The van der Waals surface area contributed by atoms with Gasteiger partial charge in [-0.15, -0.1) is 11.6 Å². The molecule has 1 saturated carbocycles. The van der Waals surface area contributed by atoms with Gasteiger partial charge in [-0.2, -0.15) is 0 Å². The van der Waals surface area contributed by atoms with E-state index >= 15 is 0 Å². The van der Waals surface area contributed by atoms with Crippen LogP contribution in [0.2, 0.25) is 0 Å². The second-order valence-corrected chi connectivity index (χ2v) is 4.13. The molecule has 2 unspecified atom stereocenters. The molecule has 2 heteroatoms.